The first-order valence-electron chi connectivity index (χ1n) is 19.8. The maximum atomic E-state index is 13.9. The third-order valence-electron chi connectivity index (χ3n) is 17.4. The van der Waals surface area contributed by atoms with Crippen molar-refractivity contribution in [1.29, 1.82) is 0 Å². The Balaban J connectivity index is 1.01. The molecule has 7 saturated heterocycles. The van der Waals surface area contributed by atoms with Crippen molar-refractivity contribution < 1.29 is 24.1 Å². The number of hydrogen-bond donors (Lipinski definition) is 2. The summed E-state index contributed by atoms with van der Waals surface area (Å²) in [6.07, 6.45) is 7.13. The number of piperidine rings is 3. The van der Waals surface area contributed by atoms with Crippen LogP contribution in [0.4, 0.5) is 11.4 Å². The molecule has 4 spiro atoms. The second kappa shape index (κ2) is 8.87. The third-order valence-corrected chi connectivity index (χ3v) is 17.4. The van der Waals surface area contributed by atoms with Crippen molar-refractivity contribution in [3.05, 3.63) is 70.9 Å². The molecule has 8 fully saturated rings. The summed E-state index contributed by atoms with van der Waals surface area (Å²) in [4.78, 5) is 22.0. The highest BCUT2D eigenvalue weighted by molar-refractivity contribution is 5.93. The number of rotatable bonds is 2. The SMILES string of the molecule is CC[C@@]12C[C@H]3C[C@]4(CN5CC[C@]67C(=C(C(=O)OC)C[C@@]8(CCO[C@H]48)[C@H]56)Nc4ccccc47)CN4c5ccccc5[C@@]5(CCN(C[C@H]6O[C@H]61)[C@@H]25)[C@]34O. The molecule has 9 heterocycles. The number of carbonyl (C=O) groups excluding carboxylic acids is 1. The number of nitrogens with zero attached hydrogens (tertiary/aromatic N) is 3. The Kier molecular flexibility index (Phi) is 5.13. The van der Waals surface area contributed by atoms with Gasteiger partial charge in [-0.2, -0.15) is 0 Å². The van der Waals surface area contributed by atoms with Crippen LogP contribution in [0.5, 0.6) is 0 Å². The minimum absolute atomic E-state index is 0.0147. The largest absolute Gasteiger partial charge is 0.466 e. The van der Waals surface area contributed by atoms with Gasteiger partial charge in [0.1, 0.15) is 0 Å². The summed E-state index contributed by atoms with van der Waals surface area (Å²) in [6.45, 7) is 7.83. The van der Waals surface area contributed by atoms with Gasteiger partial charge in [0.05, 0.1) is 41.8 Å². The lowest BCUT2D eigenvalue weighted by molar-refractivity contribution is -0.226. The molecule has 51 heavy (non-hydrogen) atoms. The number of hydrogen-bond acceptors (Lipinski definition) is 9. The van der Waals surface area contributed by atoms with Gasteiger partial charge >= 0.3 is 5.97 Å². The second-order valence-corrected chi connectivity index (χ2v) is 18.6. The van der Waals surface area contributed by atoms with E-state index in [1.54, 1.807) is 0 Å². The molecule has 13 rings (SSSR count). The van der Waals surface area contributed by atoms with Crippen molar-refractivity contribution in [2.24, 2.45) is 22.2 Å². The summed E-state index contributed by atoms with van der Waals surface area (Å²) in [5, 5.41) is 17.6. The number of fused-ring (bicyclic) bond motifs is 6. The smallest absolute Gasteiger partial charge is 0.335 e. The Labute approximate surface area is 299 Å². The molecule has 11 aliphatic rings. The van der Waals surface area contributed by atoms with Gasteiger partial charge in [-0.05, 0) is 81.3 Å². The number of anilines is 2. The van der Waals surface area contributed by atoms with Gasteiger partial charge in [0.2, 0.25) is 0 Å². The molecule has 2 aromatic carbocycles. The Morgan fingerprint density at radius 3 is 2.69 bits per heavy atom. The maximum Gasteiger partial charge on any atom is 0.335 e. The minimum Gasteiger partial charge on any atom is -0.466 e. The van der Waals surface area contributed by atoms with E-state index < -0.39 is 5.72 Å². The average Bonchev–Trinajstić information content (AvgIpc) is 3.49. The lowest BCUT2D eigenvalue weighted by atomic mass is 9.43. The first kappa shape index (κ1) is 29.5. The number of benzene rings is 2. The summed E-state index contributed by atoms with van der Waals surface area (Å²) in [5.74, 6) is -0.129. The van der Waals surface area contributed by atoms with Gasteiger partial charge < -0.3 is 29.5 Å². The predicted octanol–water partition coefficient (Wildman–Crippen LogP) is 4.15. The fourth-order valence-electron chi connectivity index (χ4n) is 16.4. The monoisotopic (exact) mass is 688 g/mol. The molecule has 0 aromatic heterocycles. The molecular formula is C42H48N4O5. The van der Waals surface area contributed by atoms with Crippen LogP contribution in [0.3, 0.4) is 0 Å². The molecule has 0 radical (unpaired) electrons. The van der Waals surface area contributed by atoms with Crippen molar-refractivity contribution in [3.8, 4) is 0 Å². The molecule has 12 atom stereocenters. The second-order valence-electron chi connectivity index (χ2n) is 18.6. The third kappa shape index (κ3) is 2.85. The van der Waals surface area contributed by atoms with Crippen LogP contribution < -0.4 is 10.2 Å². The molecule has 9 aliphatic heterocycles. The molecule has 9 nitrogen and oxygen atoms in total. The summed E-state index contributed by atoms with van der Waals surface area (Å²) in [6, 6.07) is 18.3. The number of carbonyl (C=O) groups is 1. The number of para-hydroxylation sites is 2. The predicted molar refractivity (Wildman–Crippen MR) is 189 cm³/mol. The van der Waals surface area contributed by atoms with Crippen LogP contribution >= 0.6 is 0 Å². The number of esters is 1. The normalized spacial score (nSPS) is 50.1. The van der Waals surface area contributed by atoms with Gasteiger partial charge in [-0.15, -0.1) is 0 Å². The first-order valence-corrected chi connectivity index (χ1v) is 19.8. The summed E-state index contributed by atoms with van der Waals surface area (Å²) >= 11 is 0. The van der Waals surface area contributed by atoms with Crippen LogP contribution in [-0.2, 0) is 29.8 Å². The Hall–Kier alpha value is -2.95. The molecule has 0 unspecified atom stereocenters. The van der Waals surface area contributed by atoms with Crippen LogP contribution in [0.15, 0.2) is 59.8 Å². The van der Waals surface area contributed by atoms with E-state index in [1.165, 1.54) is 23.9 Å². The number of nitrogens with one attached hydrogen (secondary N) is 1. The van der Waals surface area contributed by atoms with Gasteiger partial charge in [-0.25, -0.2) is 4.79 Å². The minimum atomic E-state index is -0.957. The number of aliphatic hydroxyl groups is 1. The van der Waals surface area contributed by atoms with E-state index in [4.69, 9.17) is 14.2 Å². The molecule has 1 saturated carbocycles. The average molecular weight is 689 g/mol. The van der Waals surface area contributed by atoms with Crippen molar-refractivity contribution in [2.75, 3.05) is 56.7 Å². The van der Waals surface area contributed by atoms with E-state index in [1.807, 2.05) is 0 Å². The van der Waals surface area contributed by atoms with E-state index in [0.717, 1.165) is 88.2 Å². The van der Waals surface area contributed by atoms with E-state index >= 15 is 0 Å². The summed E-state index contributed by atoms with van der Waals surface area (Å²) in [5.41, 5.74) is 4.92. The van der Waals surface area contributed by atoms with Gasteiger partial charge in [0.25, 0.3) is 0 Å². The van der Waals surface area contributed by atoms with Crippen molar-refractivity contribution >= 4 is 17.3 Å². The Morgan fingerprint density at radius 1 is 1.00 bits per heavy atom. The Bertz CT molecular complexity index is 2000. The molecule has 0 amide bonds. The quantitative estimate of drug-likeness (QED) is 0.357. The number of methoxy groups -OCH3 is 1. The van der Waals surface area contributed by atoms with Crippen LogP contribution in [0.1, 0.15) is 63.0 Å². The maximum absolute atomic E-state index is 13.9. The molecule has 2 aliphatic carbocycles. The zero-order valence-corrected chi connectivity index (χ0v) is 29.7. The highest BCUT2D eigenvalue weighted by atomic mass is 16.6. The van der Waals surface area contributed by atoms with E-state index in [0.29, 0.717) is 19.1 Å². The van der Waals surface area contributed by atoms with Crippen LogP contribution in [-0.4, -0.2) is 103 Å². The van der Waals surface area contributed by atoms with Gasteiger partial charge in [0.15, 0.2) is 5.72 Å². The zero-order valence-electron chi connectivity index (χ0n) is 29.7. The molecular weight excluding hydrogens is 640 g/mol. The van der Waals surface area contributed by atoms with Crippen LogP contribution in [0.2, 0.25) is 0 Å². The van der Waals surface area contributed by atoms with E-state index in [-0.39, 0.29) is 63.3 Å². The summed E-state index contributed by atoms with van der Waals surface area (Å²) in [7, 11) is 1.53. The topological polar surface area (TPSA) is 90.0 Å². The first-order chi connectivity index (χ1) is 24.8. The highest BCUT2D eigenvalue weighted by Gasteiger charge is 2.84. The lowest BCUT2D eigenvalue weighted by Crippen LogP contribution is -2.81. The van der Waals surface area contributed by atoms with Gasteiger partial charge in [0, 0.05) is 77.6 Å². The van der Waals surface area contributed by atoms with Crippen molar-refractivity contribution in [2.45, 2.75) is 98.8 Å². The van der Waals surface area contributed by atoms with Gasteiger partial charge in [-0.1, -0.05) is 43.3 Å². The Morgan fingerprint density at radius 2 is 1.82 bits per heavy atom. The standard InChI is InChI=1S/C42H48N4O5/c1-3-38-19-24-18-37(23-46-29-11-7-5-9-27(29)41(42(24,46)48)13-16-44(35(38)41)21-30-32(38)51-30)22-45-15-12-40-26-8-4-6-10-28(26)43-31(40)25(33(47)49-2)20-39(34(40)45)14-17-50-36(37)39/h4-11,24,30,32,34-36,43,48H,3,12-23H2,1-2H3/t24-,30-,32-,34+,35+,36-,37+,38-,39+,40+,41-,42-/m1/s1. The highest BCUT2D eigenvalue weighted by Crippen LogP contribution is 2.77. The van der Waals surface area contributed by atoms with Crippen LogP contribution in [0.25, 0.3) is 0 Å². The number of ether oxygens (including phenoxy) is 3. The van der Waals surface area contributed by atoms with Crippen LogP contribution in [0, 0.1) is 22.2 Å². The zero-order chi connectivity index (χ0) is 33.9. The lowest BCUT2D eigenvalue weighted by Gasteiger charge is -2.70. The molecule has 0 bridgehead atoms. The van der Waals surface area contributed by atoms with Crippen molar-refractivity contribution in [3.63, 3.8) is 0 Å². The van der Waals surface area contributed by atoms with Crippen molar-refractivity contribution in [1.82, 2.24) is 9.80 Å². The molecule has 2 aromatic rings. The molecule has 2 N–H and O–H groups in total. The fraction of sp³-hybridized carbons (Fsp3) is 0.643. The van der Waals surface area contributed by atoms with Gasteiger partial charge in [-0.3, -0.25) is 9.80 Å². The van der Waals surface area contributed by atoms with E-state index in [9.17, 15) is 9.90 Å². The molecule has 9 heteroatoms. The fourth-order valence-corrected chi connectivity index (χ4v) is 16.4. The van der Waals surface area contributed by atoms with E-state index in [2.05, 4.69) is 75.5 Å². The number of epoxide rings is 1. The molecule has 266 valence electrons. The summed E-state index contributed by atoms with van der Waals surface area (Å²) < 4.78 is 19.4.